The van der Waals surface area contributed by atoms with Crippen LogP contribution in [0.4, 0.5) is 4.39 Å². The van der Waals surface area contributed by atoms with Crippen molar-refractivity contribution in [1.82, 2.24) is 5.32 Å². The van der Waals surface area contributed by atoms with Crippen LogP contribution in [-0.2, 0) is 0 Å². The van der Waals surface area contributed by atoms with Crippen LogP contribution in [-0.4, -0.2) is 12.5 Å². The molecule has 0 heterocycles. The number of carbonyl (C=O) groups excluding carboxylic acids is 1. The molecule has 0 radical (unpaired) electrons. The molecular weight excluding hydrogens is 285 g/mol. The molecule has 1 aromatic carbocycles. The van der Waals surface area contributed by atoms with E-state index in [1.807, 2.05) is 0 Å². The third-order valence-corrected chi connectivity index (χ3v) is 2.70. The normalized spacial score (nSPS) is 9.71. The lowest BCUT2D eigenvalue weighted by Crippen LogP contribution is -2.25. The molecule has 1 aromatic rings. The Kier molecular flexibility index (Phi) is 5.71. The second-order valence-electron chi connectivity index (χ2n) is 3.54. The summed E-state index contributed by atoms with van der Waals surface area (Å²) in [5.41, 5.74) is 0.0522. The van der Waals surface area contributed by atoms with E-state index in [4.69, 9.17) is 6.42 Å². The lowest BCUT2D eigenvalue weighted by atomic mass is 10.2. The Morgan fingerprint density at radius 3 is 2.94 bits per heavy atom. The highest BCUT2D eigenvalue weighted by molar-refractivity contribution is 9.10. The fourth-order valence-corrected chi connectivity index (χ4v) is 1.68. The highest BCUT2D eigenvalue weighted by Gasteiger charge is 2.11. The summed E-state index contributed by atoms with van der Waals surface area (Å²) in [6.07, 6.45) is 7.46. The molecular formula is C13H13BrFNO. The van der Waals surface area contributed by atoms with Crippen molar-refractivity contribution >= 4 is 21.8 Å². The fourth-order valence-electron chi connectivity index (χ4n) is 1.32. The minimum atomic E-state index is -0.519. The van der Waals surface area contributed by atoms with Gasteiger partial charge in [-0.3, -0.25) is 4.79 Å². The zero-order valence-electron chi connectivity index (χ0n) is 9.30. The molecule has 1 amide bonds. The molecule has 4 heteroatoms. The third-order valence-electron chi connectivity index (χ3n) is 2.21. The second-order valence-corrected chi connectivity index (χ2v) is 4.46. The first-order valence-electron chi connectivity index (χ1n) is 5.32. The lowest BCUT2D eigenvalue weighted by molar-refractivity contribution is 0.0949. The SMILES string of the molecule is C#CCCCCNC(=O)c1cc(Br)ccc1F. The van der Waals surface area contributed by atoms with Crippen molar-refractivity contribution < 1.29 is 9.18 Å². The number of unbranched alkanes of at least 4 members (excludes halogenated alkanes) is 2. The van der Waals surface area contributed by atoms with Crippen LogP contribution in [0.3, 0.4) is 0 Å². The number of rotatable bonds is 5. The van der Waals surface area contributed by atoms with Crippen molar-refractivity contribution in [1.29, 1.82) is 0 Å². The predicted molar refractivity (Wildman–Crippen MR) is 69.1 cm³/mol. The molecule has 0 aliphatic heterocycles. The zero-order valence-corrected chi connectivity index (χ0v) is 10.9. The Bertz CT molecular complexity index is 440. The molecule has 1 rings (SSSR count). The van der Waals surface area contributed by atoms with E-state index in [0.717, 1.165) is 12.8 Å². The Morgan fingerprint density at radius 1 is 1.47 bits per heavy atom. The predicted octanol–water partition coefficient (Wildman–Crippen LogP) is 3.12. The van der Waals surface area contributed by atoms with Gasteiger partial charge in [0.1, 0.15) is 5.82 Å². The van der Waals surface area contributed by atoms with E-state index in [9.17, 15) is 9.18 Å². The van der Waals surface area contributed by atoms with Gasteiger partial charge in [-0.2, -0.15) is 0 Å². The Morgan fingerprint density at radius 2 is 2.24 bits per heavy atom. The van der Waals surface area contributed by atoms with Gasteiger partial charge in [0.05, 0.1) is 5.56 Å². The number of hydrogen-bond acceptors (Lipinski definition) is 1. The quantitative estimate of drug-likeness (QED) is 0.657. The summed E-state index contributed by atoms with van der Waals surface area (Å²) >= 11 is 3.20. The van der Waals surface area contributed by atoms with Crippen LogP contribution in [0.2, 0.25) is 0 Å². The summed E-state index contributed by atoms with van der Waals surface area (Å²) in [6, 6.07) is 4.28. The van der Waals surface area contributed by atoms with Gasteiger partial charge < -0.3 is 5.32 Å². The smallest absolute Gasteiger partial charge is 0.254 e. The Balaban J connectivity index is 2.47. The van der Waals surface area contributed by atoms with Crippen LogP contribution in [0, 0.1) is 18.2 Å². The summed E-state index contributed by atoms with van der Waals surface area (Å²) in [7, 11) is 0. The number of halogens is 2. The molecule has 0 saturated heterocycles. The first kappa shape index (κ1) is 13.7. The number of benzene rings is 1. The van der Waals surface area contributed by atoms with E-state index in [1.165, 1.54) is 12.1 Å². The minimum Gasteiger partial charge on any atom is -0.352 e. The molecule has 0 fully saturated rings. The maximum Gasteiger partial charge on any atom is 0.254 e. The van der Waals surface area contributed by atoms with Gasteiger partial charge in [-0.15, -0.1) is 12.3 Å². The fraction of sp³-hybridized carbons (Fsp3) is 0.308. The van der Waals surface area contributed by atoms with E-state index in [2.05, 4.69) is 27.2 Å². The van der Waals surface area contributed by atoms with Gasteiger partial charge in [0.2, 0.25) is 0 Å². The van der Waals surface area contributed by atoms with Crippen LogP contribution in [0.5, 0.6) is 0 Å². The molecule has 0 bridgehead atoms. The summed E-state index contributed by atoms with van der Waals surface area (Å²) in [5, 5.41) is 2.66. The molecule has 0 aliphatic rings. The van der Waals surface area contributed by atoms with Crippen LogP contribution in [0.25, 0.3) is 0 Å². The monoisotopic (exact) mass is 297 g/mol. The minimum absolute atomic E-state index is 0.0522. The maximum absolute atomic E-state index is 13.3. The van der Waals surface area contributed by atoms with Crippen LogP contribution in [0.1, 0.15) is 29.6 Å². The third kappa shape index (κ3) is 4.58. The van der Waals surface area contributed by atoms with E-state index in [0.29, 0.717) is 17.4 Å². The first-order valence-corrected chi connectivity index (χ1v) is 6.11. The number of hydrogen-bond donors (Lipinski definition) is 1. The molecule has 0 unspecified atom stereocenters. The summed E-state index contributed by atoms with van der Waals surface area (Å²) in [6.45, 7) is 0.506. The molecule has 0 saturated carbocycles. The Labute approximate surface area is 109 Å². The molecule has 17 heavy (non-hydrogen) atoms. The molecule has 0 atom stereocenters. The molecule has 2 nitrogen and oxygen atoms in total. The van der Waals surface area contributed by atoms with E-state index >= 15 is 0 Å². The van der Waals surface area contributed by atoms with Crippen LogP contribution >= 0.6 is 15.9 Å². The van der Waals surface area contributed by atoms with Crippen molar-refractivity contribution in [2.24, 2.45) is 0 Å². The van der Waals surface area contributed by atoms with Gasteiger partial charge in [0, 0.05) is 17.4 Å². The van der Waals surface area contributed by atoms with Crippen LogP contribution < -0.4 is 5.32 Å². The number of nitrogens with one attached hydrogen (secondary N) is 1. The van der Waals surface area contributed by atoms with Gasteiger partial charge in [-0.1, -0.05) is 15.9 Å². The van der Waals surface area contributed by atoms with Crippen molar-refractivity contribution in [3.8, 4) is 12.3 Å². The van der Waals surface area contributed by atoms with Crippen molar-refractivity contribution in [3.05, 3.63) is 34.1 Å². The van der Waals surface area contributed by atoms with Crippen LogP contribution in [0.15, 0.2) is 22.7 Å². The van der Waals surface area contributed by atoms with E-state index in [-0.39, 0.29) is 5.56 Å². The van der Waals surface area contributed by atoms with E-state index < -0.39 is 11.7 Å². The molecule has 0 aromatic heterocycles. The standard InChI is InChI=1S/C13H13BrFNO/c1-2-3-4-5-8-16-13(17)11-9-10(14)6-7-12(11)15/h1,6-7,9H,3-5,8H2,(H,16,17). The molecule has 90 valence electrons. The average molecular weight is 298 g/mol. The molecule has 0 spiro atoms. The highest BCUT2D eigenvalue weighted by atomic mass is 79.9. The average Bonchev–Trinajstić information content (AvgIpc) is 2.32. The zero-order chi connectivity index (χ0) is 12.7. The van der Waals surface area contributed by atoms with Gasteiger partial charge >= 0.3 is 0 Å². The summed E-state index contributed by atoms with van der Waals surface area (Å²) < 4.78 is 14.0. The largest absolute Gasteiger partial charge is 0.352 e. The summed E-state index contributed by atoms with van der Waals surface area (Å²) in [5.74, 6) is 1.61. The van der Waals surface area contributed by atoms with Crippen molar-refractivity contribution in [2.75, 3.05) is 6.54 Å². The van der Waals surface area contributed by atoms with Crippen molar-refractivity contribution in [2.45, 2.75) is 19.3 Å². The maximum atomic E-state index is 13.3. The van der Waals surface area contributed by atoms with Gasteiger partial charge in [-0.05, 0) is 31.0 Å². The van der Waals surface area contributed by atoms with E-state index in [1.54, 1.807) is 6.07 Å². The number of carbonyl (C=O) groups is 1. The van der Waals surface area contributed by atoms with Gasteiger partial charge in [0.15, 0.2) is 0 Å². The van der Waals surface area contributed by atoms with Crippen molar-refractivity contribution in [3.63, 3.8) is 0 Å². The molecule has 1 N–H and O–H groups in total. The lowest BCUT2D eigenvalue weighted by Gasteiger charge is -2.05. The number of terminal acetylenes is 1. The highest BCUT2D eigenvalue weighted by Crippen LogP contribution is 2.15. The Hall–Kier alpha value is -1.34. The summed E-state index contributed by atoms with van der Waals surface area (Å²) in [4.78, 5) is 11.6. The number of amides is 1. The van der Waals surface area contributed by atoms with Gasteiger partial charge in [0.25, 0.3) is 5.91 Å². The molecule has 0 aliphatic carbocycles. The first-order chi connectivity index (χ1) is 8.15. The second kappa shape index (κ2) is 7.08. The topological polar surface area (TPSA) is 29.1 Å². The van der Waals surface area contributed by atoms with Gasteiger partial charge in [-0.25, -0.2) is 4.39 Å².